The predicted molar refractivity (Wildman–Crippen MR) is 118 cm³/mol. The quantitative estimate of drug-likeness (QED) is 0.243. The number of carboxylic acids is 1. The van der Waals surface area contributed by atoms with Crippen molar-refractivity contribution in [2.24, 2.45) is 10.7 Å². The normalized spacial score (nSPS) is 18.9. The second kappa shape index (κ2) is 15.5. The number of carbonyl (C=O) groups is 1. The van der Waals surface area contributed by atoms with Crippen LogP contribution in [0.15, 0.2) is 29.5 Å². The summed E-state index contributed by atoms with van der Waals surface area (Å²) in [5.74, 6) is -0.0474. The van der Waals surface area contributed by atoms with Gasteiger partial charge < -0.3 is 10.8 Å². The van der Waals surface area contributed by atoms with Crippen molar-refractivity contribution in [3.8, 4) is 0 Å². The second-order valence-electron chi connectivity index (χ2n) is 7.96. The fourth-order valence-electron chi connectivity index (χ4n) is 3.79. The van der Waals surface area contributed by atoms with Gasteiger partial charge in [-0.1, -0.05) is 83.6 Å². The van der Waals surface area contributed by atoms with Crippen LogP contribution in [0.2, 0.25) is 0 Å². The van der Waals surface area contributed by atoms with Gasteiger partial charge in [-0.3, -0.25) is 0 Å². The van der Waals surface area contributed by atoms with Gasteiger partial charge in [0.25, 0.3) is 0 Å². The van der Waals surface area contributed by atoms with Crippen LogP contribution in [0, 0.1) is 0 Å². The Morgan fingerprint density at radius 2 is 1.61 bits per heavy atom. The molecule has 1 unspecified atom stereocenters. The van der Waals surface area contributed by atoms with E-state index < -0.39 is 5.97 Å². The summed E-state index contributed by atoms with van der Waals surface area (Å²) in [6.45, 7) is 3.26. The molecule has 1 aliphatic heterocycles. The van der Waals surface area contributed by atoms with Crippen LogP contribution in [-0.4, -0.2) is 41.0 Å². The standard InChI is InChI=1S/C23H41N3O2/c1-2-3-4-5-6-7-8-9-10-11-12-13-14-15-16-22-25-18-20-26(22,19-17-24)21-23(27)28/h15-16,18,20H,2-14,17,19,21,24H2,1H3/p+1/b16-15+. The molecule has 3 N–H and O–H groups in total. The predicted octanol–water partition coefficient (Wildman–Crippen LogP) is 5.38. The maximum Gasteiger partial charge on any atom is 0.360 e. The van der Waals surface area contributed by atoms with Gasteiger partial charge in [-0.25, -0.2) is 9.28 Å². The van der Waals surface area contributed by atoms with Gasteiger partial charge in [0.2, 0.25) is 5.84 Å². The third-order valence-corrected chi connectivity index (χ3v) is 5.45. The van der Waals surface area contributed by atoms with E-state index in [4.69, 9.17) is 5.73 Å². The van der Waals surface area contributed by atoms with E-state index in [1.54, 1.807) is 6.20 Å². The Labute approximate surface area is 172 Å². The largest absolute Gasteiger partial charge is 0.477 e. The molecule has 0 aromatic heterocycles. The number of amidine groups is 1. The third-order valence-electron chi connectivity index (χ3n) is 5.45. The molecule has 0 aromatic carbocycles. The van der Waals surface area contributed by atoms with E-state index in [0.29, 0.717) is 13.1 Å². The number of aliphatic carboxylic acids is 1. The lowest BCUT2D eigenvalue weighted by atomic mass is 10.0. The number of hydrogen-bond donors (Lipinski definition) is 2. The molecule has 0 bridgehead atoms. The van der Waals surface area contributed by atoms with Crippen molar-refractivity contribution in [2.75, 3.05) is 19.6 Å². The van der Waals surface area contributed by atoms with Gasteiger partial charge >= 0.3 is 5.97 Å². The Morgan fingerprint density at radius 3 is 2.14 bits per heavy atom. The number of aliphatic imine (C=N–C) groups is 1. The molecule has 5 heteroatoms. The summed E-state index contributed by atoms with van der Waals surface area (Å²) in [5, 5.41) is 9.21. The van der Waals surface area contributed by atoms with Gasteiger partial charge in [-0.2, -0.15) is 4.99 Å². The maximum absolute atomic E-state index is 11.2. The van der Waals surface area contributed by atoms with Crippen molar-refractivity contribution >= 4 is 11.8 Å². The van der Waals surface area contributed by atoms with Gasteiger partial charge in [0.15, 0.2) is 6.54 Å². The summed E-state index contributed by atoms with van der Waals surface area (Å²) in [6, 6.07) is 0. The zero-order valence-corrected chi connectivity index (χ0v) is 18.0. The average molecular weight is 393 g/mol. The number of hydrogen-bond acceptors (Lipinski definition) is 3. The summed E-state index contributed by atoms with van der Waals surface area (Å²) < 4.78 is 0.223. The summed E-state index contributed by atoms with van der Waals surface area (Å²) in [6.07, 6.45) is 24.9. The molecule has 0 spiro atoms. The molecule has 0 saturated carbocycles. The summed E-state index contributed by atoms with van der Waals surface area (Å²) in [5.41, 5.74) is 5.69. The highest BCUT2D eigenvalue weighted by Gasteiger charge is 2.35. The van der Waals surface area contributed by atoms with E-state index >= 15 is 0 Å². The molecule has 1 atom stereocenters. The molecule has 5 nitrogen and oxygen atoms in total. The van der Waals surface area contributed by atoms with Crippen molar-refractivity contribution in [1.82, 2.24) is 0 Å². The Balaban J connectivity index is 2.09. The van der Waals surface area contributed by atoms with Gasteiger partial charge in [0, 0.05) is 12.6 Å². The molecule has 28 heavy (non-hydrogen) atoms. The van der Waals surface area contributed by atoms with Gasteiger partial charge in [0.05, 0.1) is 6.20 Å². The van der Waals surface area contributed by atoms with Crippen LogP contribution < -0.4 is 5.73 Å². The number of nitrogens with zero attached hydrogens (tertiary/aromatic N) is 2. The van der Waals surface area contributed by atoms with Crippen molar-refractivity contribution in [3.05, 3.63) is 24.6 Å². The Kier molecular flexibility index (Phi) is 13.6. The zero-order chi connectivity index (χ0) is 20.5. The lowest BCUT2D eigenvalue weighted by molar-refractivity contribution is -0.775. The van der Waals surface area contributed by atoms with E-state index in [2.05, 4.69) is 18.0 Å². The number of allylic oxidation sites excluding steroid dienone is 1. The Bertz CT molecular complexity index is 514. The van der Waals surface area contributed by atoms with Gasteiger partial charge in [-0.05, 0) is 12.8 Å². The summed E-state index contributed by atoms with van der Waals surface area (Å²) >= 11 is 0. The third kappa shape index (κ3) is 10.2. The molecule has 160 valence electrons. The molecule has 0 radical (unpaired) electrons. The molecule has 1 rings (SSSR count). The molecule has 0 fully saturated rings. The molecule has 1 heterocycles. The Hall–Kier alpha value is -1.46. The van der Waals surface area contributed by atoms with Crippen molar-refractivity contribution in [3.63, 3.8) is 0 Å². The lowest BCUT2D eigenvalue weighted by Gasteiger charge is -2.28. The Morgan fingerprint density at radius 1 is 1.04 bits per heavy atom. The van der Waals surface area contributed by atoms with Crippen LogP contribution >= 0.6 is 0 Å². The average Bonchev–Trinajstić information content (AvgIpc) is 3.03. The topological polar surface area (TPSA) is 75.7 Å². The molecule has 0 amide bonds. The number of quaternary nitrogens is 1. The zero-order valence-electron chi connectivity index (χ0n) is 18.0. The molecule has 0 aromatic rings. The first-order chi connectivity index (χ1) is 13.6. The fraction of sp³-hybridized carbons (Fsp3) is 0.739. The lowest BCUT2D eigenvalue weighted by Crippen LogP contribution is -2.51. The second-order valence-corrected chi connectivity index (χ2v) is 7.96. The fourth-order valence-corrected chi connectivity index (χ4v) is 3.79. The molecule has 0 saturated heterocycles. The monoisotopic (exact) mass is 392 g/mol. The van der Waals surface area contributed by atoms with Crippen molar-refractivity contribution < 1.29 is 14.4 Å². The van der Waals surface area contributed by atoms with E-state index in [0.717, 1.165) is 12.3 Å². The molecular weight excluding hydrogens is 350 g/mol. The summed E-state index contributed by atoms with van der Waals surface area (Å²) in [4.78, 5) is 15.6. The van der Waals surface area contributed by atoms with E-state index in [1.807, 2.05) is 12.3 Å². The first-order valence-electron chi connectivity index (χ1n) is 11.4. The van der Waals surface area contributed by atoms with Crippen molar-refractivity contribution in [2.45, 2.75) is 90.4 Å². The highest BCUT2D eigenvalue weighted by Crippen LogP contribution is 2.18. The van der Waals surface area contributed by atoms with E-state index in [-0.39, 0.29) is 11.0 Å². The molecular formula is C23H42N3O2+. The molecule has 0 aliphatic carbocycles. The van der Waals surface area contributed by atoms with Crippen LogP contribution in [0.4, 0.5) is 0 Å². The first-order valence-corrected chi connectivity index (χ1v) is 11.4. The SMILES string of the molecule is CCCCCCCCCCCCCC/C=C/C1=NC=C[N+]1(CCN)CC(=O)O. The van der Waals surface area contributed by atoms with Gasteiger partial charge in [0.1, 0.15) is 12.7 Å². The first kappa shape index (κ1) is 24.6. The maximum atomic E-state index is 11.2. The van der Waals surface area contributed by atoms with Crippen LogP contribution in [-0.2, 0) is 4.79 Å². The number of rotatable bonds is 18. The minimum absolute atomic E-state index is 0.00449. The highest BCUT2D eigenvalue weighted by atomic mass is 16.4. The summed E-state index contributed by atoms with van der Waals surface area (Å²) in [7, 11) is 0. The molecule has 1 aliphatic rings. The van der Waals surface area contributed by atoms with Crippen LogP contribution in [0.25, 0.3) is 0 Å². The van der Waals surface area contributed by atoms with E-state index in [9.17, 15) is 9.90 Å². The minimum atomic E-state index is -0.831. The smallest absolute Gasteiger partial charge is 0.360 e. The van der Waals surface area contributed by atoms with Crippen molar-refractivity contribution in [1.29, 1.82) is 0 Å². The van der Waals surface area contributed by atoms with Crippen LogP contribution in [0.5, 0.6) is 0 Å². The van der Waals surface area contributed by atoms with Crippen LogP contribution in [0.1, 0.15) is 90.4 Å². The highest BCUT2D eigenvalue weighted by molar-refractivity contribution is 5.90. The van der Waals surface area contributed by atoms with Crippen LogP contribution in [0.3, 0.4) is 0 Å². The van der Waals surface area contributed by atoms with Gasteiger partial charge in [-0.15, -0.1) is 0 Å². The number of carboxylic acid groups (broad SMARTS) is 1. The minimum Gasteiger partial charge on any atom is -0.477 e. The number of nitrogens with two attached hydrogens (primary N) is 1. The number of unbranched alkanes of at least 4 members (excludes halogenated alkanes) is 12. The van der Waals surface area contributed by atoms with E-state index in [1.165, 1.54) is 77.0 Å².